The summed E-state index contributed by atoms with van der Waals surface area (Å²) in [7, 11) is 0. The predicted octanol–water partition coefficient (Wildman–Crippen LogP) is 6.92. The van der Waals surface area contributed by atoms with E-state index in [0.717, 1.165) is 56.3 Å². The number of allylic oxidation sites excluding steroid dienone is 6. The summed E-state index contributed by atoms with van der Waals surface area (Å²) in [5, 5.41) is 23.1. The Morgan fingerprint density at radius 1 is 1.02 bits per heavy atom. The highest BCUT2D eigenvalue weighted by Gasteiger charge is 2.45. The first-order valence-corrected chi connectivity index (χ1v) is 15.0. The Bertz CT molecular complexity index is 1800. The lowest BCUT2D eigenvalue weighted by atomic mass is 9.78. The van der Waals surface area contributed by atoms with Gasteiger partial charge in [0.05, 0.1) is 11.0 Å². The van der Waals surface area contributed by atoms with Crippen LogP contribution in [0.1, 0.15) is 60.7 Å². The molecular formula is C36H31NO4S. The maximum absolute atomic E-state index is 13.5. The third-order valence-electron chi connectivity index (χ3n) is 8.20. The molecule has 1 aliphatic carbocycles. The summed E-state index contributed by atoms with van der Waals surface area (Å²) in [4.78, 5) is 27.4. The first-order valence-electron chi connectivity index (χ1n) is 14.2. The van der Waals surface area contributed by atoms with Crippen molar-refractivity contribution >= 4 is 45.4 Å². The number of carbonyl (C=O) groups excluding carboxylic acids is 1. The quantitative estimate of drug-likeness (QED) is 0.245. The van der Waals surface area contributed by atoms with Crippen molar-refractivity contribution in [1.82, 2.24) is 0 Å². The van der Waals surface area contributed by atoms with Gasteiger partial charge in [-0.1, -0.05) is 79.4 Å². The number of carbonyl (C=O) groups is 2. The van der Waals surface area contributed by atoms with E-state index in [9.17, 15) is 19.8 Å². The lowest BCUT2D eigenvalue weighted by Crippen LogP contribution is -2.34. The molecule has 0 saturated carbocycles. The third kappa shape index (κ3) is 4.66. The number of Topliss-reactive ketones (excluding diaryl/α,β-unsaturated/α-hetero) is 1. The van der Waals surface area contributed by atoms with Crippen molar-refractivity contribution in [2.45, 2.75) is 43.9 Å². The SMILES string of the molecule is CCCC[N+]1=C(C=C2C(=O)C(/C=C3\C=C(c4ccccc4)Sc4ccccc43)=C2[O-])C(C)(C)c2cc(C(=O)O)ccc21. The van der Waals surface area contributed by atoms with Crippen LogP contribution in [0.2, 0.25) is 0 Å². The standard InChI is InChI=1S/C36H31NO4S/c1-4-5-17-37-29-16-15-23(35(40)41)19-28(29)36(2,3)32(37)21-27-33(38)26(34(27)39)18-24-20-31(22-11-7-6-8-12-22)42-30-14-10-9-13-25(24)30/h6-16,18-21H,4-5,17H2,1-3H3,(H-,38,39,40,41)/b24-18+. The molecule has 3 aromatic carbocycles. The van der Waals surface area contributed by atoms with Gasteiger partial charge in [0.15, 0.2) is 11.5 Å². The molecule has 0 radical (unpaired) electrons. The summed E-state index contributed by atoms with van der Waals surface area (Å²) in [5.41, 5.74) is 5.55. The fraction of sp³-hybridized carbons (Fsp3) is 0.194. The van der Waals surface area contributed by atoms with Gasteiger partial charge in [0.1, 0.15) is 6.54 Å². The maximum Gasteiger partial charge on any atom is 0.335 e. The van der Waals surface area contributed by atoms with Crippen LogP contribution < -0.4 is 5.11 Å². The second-order valence-corrected chi connectivity index (χ2v) is 12.3. The van der Waals surface area contributed by atoms with E-state index in [4.69, 9.17) is 0 Å². The first-order chi connectivity index (χ1) is 20.2. The predicted molar refractivity (Wildman–Crippen MR) is 166 cm³/mol. The van der Waals surface area contributed by atoms with E-state index < -0.39 is 11.4 Å². The zero-order valence-electron chi connectivity index (χ0n) is 23.8. The number of benzene rings is 3. The molecule has 0 fully saturated rings. The third-order valence-corrected chi connectivity index (χ3v) is 9.35. The van der Waals surface area contributed by atoms with Crippen molar-refractivity contribution in [2.75, 3.05) is 6.54 Å². The van der Waals surface area contributed by atoms with Gasteiger partial charge in [0, 0.05) is 45.1 Å². The van der Waals surface area contributed by atoms with Crippen LogP contribution in [0.5, 0.6) is 0 Å². The molecule has 42 heavy (non-hydrogen) atoms. The molecule has 0 saturated heterocycles. The molecule has 2 heterocycles. The highest BCUT2D eigenvalue weighted by molar-refractivity contribution is 8.08. The molecule has 3 aliphatic rings. The Kier molecular flexibility index (Phi) is 7.11. The van der Waals surface area contributed by atoms with E-state index in [2.05, 4.69) is 35.8 Å². The Balaban J connectivity index is 1.42. The maximum atomic E-state index is 13.5. The first kappa shape index (κ1) is 27.7. The zero-order chi connectivity index (χ0) is 29.6. The van der Waals surface area contributed by atoms with Gasteiger partial charge in [-0.15, -0.1) is 0 Å². The fourth-order valence-electron chi connectivity index (χ4n) is 5.84. The molecule has 5 nitrogen and oxygen atoms in total. The number of ketones is 1. The normalized spacial score (nSPS) is 19.1. The van der Waals surface area contributed by atoms with E-state index in [1.54, 1.807) is 36.0 Å². The number of aromatic carboxylic acids is 1. The van der Waals surface area contributed by atoms with E-state index in [-0.39, 0.29) is 28.3 Å². The minimum atomic E-state index is -0.982. The molecule has 6 rings (SSSR count). The van der Waals surface area contributed by atoms with Crippen LogP contribution in [0.25, 0.3) is 10.5 Å². The Labute approximate surface area is 249 Å². The molecule has 2 aliphatic heterocycles. The molecule has 0 atom stereocenters. The van der Waals surface area contributed by atoms with Crippen LogP contribution >= 0.6 is 11.8 Å². The van der Waals surface area contributed by atoms with Gasteiger partial charge in [0.25, 0.3) is 0 Å². The molecule has 0 amide bonds. The molecule has 1 N–H and O–H groups in total. The van der Waals surface area contributed by atoms with Crippen molar-refractivity contribution in [3.8, 4) is 0 Å². The second-order valence-electron chi connectivity index (χ2n) is 11.3. The number of thioether (sulfide) groups is 1. The van der Waals surface area contributed by atoms with Crippen LogP contribution in [0.15, 0.2) is 113 Å². The number of carboxylic acid groups (broad SMARTS) is 1. The van der Waals surface area contributed by atoms with Crippen LogP contribution in [0.4, 0.5) is 5.69 Å². The molecule has 0 unspecified atom stereocenters. The van der Waals surface area contributed by atoms with Crippen LogP contribution in [0, 0.1) is 0 Å². The summed E-state index contributed by atoms with van der Waals surface area (Å²) in [6.45, 7) is 6.86. The van der Waals surface area contributed by atoms with Crippen molar-refractivity contribution in [3.05, 3.63) is 130 Å². The molecule has 0 spiro atoms. The number of unbranched alkanes of at least 4 members (excludes halogenated alkanes) is 1. The number of carboxylic acids is 1. The molecular weight excluding hydrogens is 542 g/mol. The minimum absolute atomic E-state index is 0.170. The summed E-state index contributed by atoms with van der Waals surface area (Å²) in [6.07, 6.45) is 7.41. The largest absolute Gasteiger partial charge is 0.871 e. The van der Waals surface area contributed by atoms with Crippen molar-refractivity contribution in [1.29, 1.82) is 0 Å². The Morgan fingerprint density at radius 2 is 1.76 bits per heavy atom. The van der Waals surface area contributed by atoms with Gasteiger partial charge in [-0.3, -0.25) is 4.79 Å². The Morgan fingerprint density at radius 3 is 2.48 bits per heavy atom. The molecule has 6 heteroatoms. The smallest absolute Gasteiger partial charge is 0.335 e. The average molecular weight is 574 g/mol. The number of fused-ring (bicyclic) bond motifs is 2. The van der Waals surface area contributed by atoms with Crippen LogP contribution in [0.3, 0.4) is 0 Å². The van der Waals surface area contributed by atoms with Gasteiger partial charge in [-0.2, -0.15) is 4.58 Å². The number of hydrogen-bond acceptors (Lipinski definition) is 4. The van der Waals surface area contributed by atoms with Gasteiger partial charge >= 0.3 is 5.97 Å². The highest BCUT2D eigenvalue weighted by Crippen LogP contribution is 2.46. The topological polar surface area (TPSA) is 80.4 Å². The summed E-state index contributed by atoms with van der Waals surface area (Å²) in [6, 6.07) is 23.3. The van der Waals surface area contributed by atoms with Crippen molar-refractivity contribution in [2.24, 2.45) is 0 Å². The summed E-state index contributed by atoms with van der Waals surface area (Å²) < 4.78 is 2.14. The summed E-state index contributed by atoms with van der Waals surface area (Å²) in [5.74, 6) is -1.51. The number of rotatable bonds is 7. The van der Waals surface area contributed by atoms with Crippen molar-refractivity contribution < 1.29 is 24.4 Å². The van der Waals surface area contributed by atoms with Gasteiger partial charge < -0.3 is 10.2 Å². The lowest BCUT2D eigenvalue weighted by Gasteiger charge is -2.30. The van der Waals surface area contributed by atoms with E-state index in [1.165, 1.54) is 0 Å². The van der Waals surface area contributed by atoms with E-state index >= 15 is 0 Å². The van der Waals surface area contributed by atoms with E-state index in [0.29, 0.717) is 6.54 Å². The molecule has 0 bridgehead atoms. The highest BCUT2D eigenvalue weighted by atomic mass is 32.2. The average Bonchev–Trinajstić information content (AvgIpc) is 3.22. The number of nitrogens with zero attached hydrogens (tertiary/aromatic N) is 1. The monoisotopic (exact) mass is 573 g/mol. The Hall–Kier alpha value is -4.42. The second kappa shape index (κ2) is 10.8. The van der Waals surface area contributed by atoms with Gasteiger partial charge in [0.2, 0.25) is 5.69 Å². The van der Waals surface area contributed by atoms with Gasteiger partial charge in [-0.25, -0.2) is 4.79 Å². The molecule has 3 aromatic rings. The zero-order valence-corrected chi connectivity index (χ0v) is 24.6. The summed E-state index contributed by atoms with van der Waals surface area (Å²) >= 11 is 1.68. The lowest BCUT2D eigenvalue weighted by molar-refractivity contribution is -0.438. The molecule has 0 aromatic heterocycles. The van der Waals surface area contributed by atoms with Crippen LogP contribution in [-0.4, -0.2) is 33.7 Å². The fourth-order valence-corrected chi connectivity index (χ4v) is 6.96. The van der Waals surface area contributed by atoms with Crippen molar-refractivity contribution in [3.63, 3.8) is 0 Å². The van der Waals surface area contributed by atoms with Gasteiger partial charge in [-0.05, 0) is 60.9 Å². The van der Waals surface area contributed by atoms with Crippen LogP contribution in [-0.2, 0) is 10.2 Å². The minimum Gasteiger partial charge on any atom is -0.871 e. The molecule has 210 valence electrons. The number of hydrogen-bond donors (Lipinski definition) is 1. The van der Waals surface area contributed by atoms with E-state index in [1.807, 2.05) is 56.3 Å².